The van der Waals surface area contributed by atoms with Crippen LogP contribution in [-0.4, -0.2) is 24.4 Å². The first-order chi connectivity index (χ1) is 7.28. The Morgan fingerprint density at radius 1 is 1.50 bits per heavy atom. The monoisotopic (exact) mass is 227 g/mol. The Morgan fingerprint density at radius 3 is 2.50 bits per heavy atom. The van der Waals surface area contributed by atoms with Crippen LogP contribution in [0.3, 0.4) is 0 Å². The Bertz CT molecular complexity index is 274. The number of carbonyl (C=O) groups is 2. The maximum Gasteiger partial charge on any atom is 0.237 e. The molecule has 0 saturated carbocycles. The van der Waals surface area contributed by atoms with E-state index in [0.29, 0.717) is 6.54 Å². The van der Waals surface area contributed by atoms with Crippen LogP contribution in [0.25, 0.3) is 0 Å². The van der Waals surface area contributed by atoms with Crippen molar-refractivity contribution in [1.82, 2.24) is 5.32 Å². The fraction of sp³-hybridized carbons (Fsp3) is 0.636. The molecule has 0 aliphatic carbocycles. The molecule has 0 aromatic heterocycles. The van der Waals surface area contributed by atoms with Gasteiger partial charge >= 0.3 is 0 Å². The third-order valence-electron chi connectivity index (χ3n) is 2.20. The molecule has 16 heavy (non-hydrogen) atoms. The first kappa shape index (κ1) is 14.6. The van der Waals surface area contributed by atoms with Crippen molar-refractivity contribution >= 4 is 11.8 Å². The van der Waals surface area contributed by atoms with Crippen molar-refractivity contribution in [2.75, 3.05) is 6.54 Å². The average Bonchev–Trinajstić information content (AvgIpc) is 2.13. The van der Waals surface area contributed by atoms with Gasteiger partial charge in [0.25, 0.3) is 0 Å². The molecule has 0 spiro atoms. The zero-order valence-corrected chi connectivity index (χ0v) is 9.95. The van der Waals surface area contributed by atoms with Crippen molar-refractivity contribution in [3.63, 3.8) is 0 Å². The molecule has 5 heteroatoms. The average molecular weight is 227 g/mol. The standard InChI is InChI=1S/C11H21N3O2/c1-4-5-11(2,3)7-14-10(16)8(12)6-9(13)15/h4,8H,1,5-7,12H2,2-3H3,(H2,13,15)(H,14,16)/t8-/m0/s1. The molecule has 0 saturated heterocycles. The molecule has 0 heterocycles. The van der Waals surface area contributed by atoms with E-state index >= 15 is 0 Å². The molecule has 0 unspecified atom stereocenters. The van der Waals surface area contributed by atoms with E-state index in [2.05, 4.69) is 11.9 Å². The van der Waals surface area contributed by atoms with E-state index < -0.39 is 11.9 Å². The number of rotatable bonds is 7. The van der Waals surface area contributed by atoms with Crippen LogP contribution in [0.2, 0.25) is 0 Å². The molecule has 5 N–H and O–H groups in total. The zero-order valence-electron chi connectivity index (χ0n) is 9.95. The van der Waals surface area contributed by atoms with E-state index in [9.17, 15) is 9.59 Å². The lowest BCUT2D eigenvalue weighted by molar-refractivity contribution is -0.126. The molecule has 5 nitrogen and oxygen atoms in total. The van der Waals surface area contributed by atoms with Crippen LogP contribution < -0.4 is 16.8 Å². The second-order valence-corrected chi connectivity index (χ2v) is 4.65. The van der Waals surface area contributed by atoms with E-state index in [4.69, 9.17) is 11.5 Å². The van der Waals surface area contributed by atoms with Crippen molar-refractivity contribution in [2.24, 2.45) is 16.9 Å². The van der Waals surface area contributed by atoms with Crippen molar-refractivity contribution in [1.29, 1.82) is 0 Å². The Morgan fingerprint density at radius 2 is 2.06 bits per heavy atom. The summed E-state index contributed by atoms with van der Waals surface area (Å²) in [6, 6.07) is -0.864. The van der Waals surface area contributed by atoms with Gasteiger partial charge in [-0.05, 0) is 11.8 Å². The number of allylic oxidation sites excluding steroid dienone is 1. The van der Waals surface area contributed by atoms with Gasteiger partial charge < -0.3 is 16.8 Å². The lowest BCUT2D eigenvalue weighted by Gasteiger charge is -2.24. The van der Waals surface area contributed by atoms with E-state index in [-0.39, 0.29) is 17.7 Å². The van der Waals surface area contributed by atoms with Gasteiger partial charge in [-0.3, -0.25) is 9.59 Å². The largest absolute Gasteiger partial charge is 0.370 e. The highest BCUT2D eigenvalue weighted by atomic mass is 16.2. The summed E-state index contributed by atoms with van der Waals surface area (Å²) in [4.78, 5) is 22.0. The smallest absolute Gasteiger partial charge is 0.237 e. The quantitative estimate of drug-likeness (QED) is 0.530. The number of primary amides is 1. The fourth-order valence-electron chi connectivity index (χ4n) is 1.23. The maximum atomic E-state index is 11.5. The first-order valence-electron chi connectivity index (χ1n) is 5.21. The van der Waals surface area contributed by atoms with Gasteiger partial charge in [0, 0.05) is 6.54 Å². The molecule has 92 valence electrons. The predicted molar refractivity (Wildman–Crippen MR) is 63.4 cm³/mol. The van der Waals surface area contributed by atoms with Crippen LogP contribution in [0.1, 0.15) is 26.7 Å². The van der Waals surface area contributed by atoms with Gasteiger partial charge in [-0.25, -0.2) is 0 Å². The van der Waals surface area contributed by atoms with E-state index in [0.717, 1.165) is 6.42 Å². The molecule has 0 bridgehead atoms. The summed E-state index contributed by atoms with van der Waals surface area (Å²) < 4.78 is 0. The molecular weight excluding hydrogens is 206 g/mol. The summed E-state index contributed by atoms with van der Waals surface area (Å²) in [7, 11) is 0. The lowest BCUT2D eigenvalue weighted by atomic mass is 9.89. The van der Waals surface area contributed by atoms with Gasteiger partial charge in [0.1, 0.15) is 0 Å². The molecule has 0 aromatic rings. The second kappa shape index (κ2) is 6.27. The SMILES string of the molecule is C=CCC(C)(C)CNC(=O)[C@@H](N)CC(N)=O. The maximum absolute atomic E-state index is 11.5. The third kappa shape index (κ3) is 6.19. The Hall–Kier alpha value is -1.36. The number of nitrogens with two attached hydrogens (primary N) is 2. The van der Waals surface area contributed by atoms with Gasteiger partial charge in [0.15, 0.2) is 0 Å². The first-order valence-corrected chi connectivity index (χ1v) is 5.21. The minimum absolute atomic E-state index is 0.0656. The summed E-state index contributed by atoms with van der Waals surface area (Å²) in [6.07, 6.45) is 2.46. The molecule has 0 aliphatic heterocycles. The Labute approximate surface area is 96.3 Å². The van der Waals surface area contributed by atoms with Gasteiger partial charge in [0.2, 0.25) is 11.8 Å². The van der Waals surface area contributed by atoms with E-state index in [1.807, 2.05) is 13.8 Å². The molecule has 0 aromatic carbocycles. The van der Waals surface area contributed by atoms with Crippen LogP contribution in [0.15, 0.2) is 12.7 Å². The third-order valence-corrected chi connectivity index (χ3v) is 2.20. The van der Waals surface area contributed by atoms with Crippen LogP contribution in [0, 0.1) is 5.41 Å². The van der Waals surface area contributed by atoms with Gasteiger partial charge in [-0.1, -0.05) is 19.9 Å². The van der Waals surface area contributed by atoms with Crippen molar-refractivity contribution in [2.45, 2.75) is 32.7 Å². The van der Waals surface area contributed by atoms with Crippen LogP contribution in [0.5, 0.6) is 0 Å². The van der Waals surface area contributed by atoms with Gasteiger partial charge in [-0.15, -0.1) is 6.58 Å². The second-order valence-electron chi connectivity index (χ2n) is 4.65. The minimum Gasteiger partial charge on any atom is -0.370 e. The summed E-state index contributed by atoms with van der Waals surface area (Å²) in [5.41, 5.74) is 10.4. The van der Waals surface area contributed by atoms with E-state index in [1.54, 1.807) is 6.08 Å². The van der Waals surface area contributed by atoms with Crippen LogP contribution >= 0.6 is 0 Å². The predicted octanol–water partition coefficient (Wildman–Crippen LogP) is -0.0924. The molecule has 1 atom stereocenters. The lowest BCUT2D eigenvalue weighted by Crippen LogP contribution is -2.45. The molecule has 2 amide bonds. The number of carbonyl (C=O) groups excluding carboxylic acids is 2. The zero-order chi connectivity index (χ0) is 12.8. The van der Waals surface area contributed by atoms with Crippen molar-refractivity contribution in [3.8, 4) is 0 Å². The van der Waals surface area contributed by atoms with Crippen molar-refractivity contribution < 1.29 is 9.59 Å². The molecule has 0 radical (unpaired) electrons. The minimum atomic E-state index is -0.864. The fourth-order valence-corrected chi connectivity index (χ4v) is 1.23. The van der Waals surface area contributed by atoms with Gasteiger partial charge in [-0.2, -0.15) is 0 Å². The van der Waals surface area contributed by atoms with Crippen LogP contribution in [-0.2, 0) is 9.59 Å². The van der Waals surface area contributed by atoms with Crippen molar-refractivity contribution in [3.05, 3.63) is 12.7 Å². The summed E-state index contributed by atoms with van der Waals surface area (Å²) >= 11 is 0. The summed E-state index contributed by atoms with van der Waals surface area (Å²) in [6.45, 7) is 8.16. The van der Waals surface area contributed by atoms with Crippen LogP contribution in [0.4, 0.5) is 0 Å². The molecule has 0 aliphatic rings. The molecule has 0 rings (SSSR count). The number of hydrogen-bond donors (Lipinski definition) is 3. The number of nitrogens with one attached hydrogen (secondary N) is 1. The number of amides is 2. The van der Waals surface area contributed by atoms with Gasteiger partial charge in [0.05, 0.1) is 12.5 Å². The topological polar surface area (TPSA) is 98.2 Å². The Balaban J connectivity index is 4.06. The molecular formula is C11H21N3O2. The Kier molecular flexibility index (Phi) is 5.74. The highest BCUT2D eigenvalue weighted by molar-refractivity contribution is 5.87. The summed E-state index contributed by atoms with van der Waals surface area (Å²) in [5, 5.41) is 2.69. The molecule has 0 fully saturated rings. The van der Waals surface area contributed by atoms with E-state index in [1.165, 1.54) is 0 Å². The highest BCUT2D eigenvalue weighted by Crippen LogP contribution is 2.18. The highest BCUT2D eigenvalue weighted by Gasteiger charge is 2.20. The summed E-state index contributed by atoms with van der Waals surface area (Å²) in [5.74, 6) is -0.927. The number of hydrogen-bond acceptors (Lipinski definition) is 3. The normalized spacial score (nSPS) is 12.9.